The lowest BCUT2D eigenvalue weighted by atomic mass is 10.1. The second-order valence-corrected chi connectivity index (χ2v) is 3.52. The smallest absolute Gasteiger partial charge is 0.284 e. The Balaban J connectivity index is 2.24. The van der Waals surface area contributed by atoms with E-state index in [0.717, 1.165) is 19.3 Å². The minimum atomic E-state index is 0.187. The Bertz CT molecular complexity index is 318. The van der Waals surface area contributed by atoms with Crippen LogP contribution in [0.2, 0.25) is 0 Å². The summed E-state index contributed by atoms with van der Waals surface area (Å²) in [7, 11) is 0. The first-order chi connectivity index (χ1) is 5.77. The molecule has 0 unspecified atom stereocenters. The number of hydrogen-bond donors (Lipinski definition) is 2. The molecule has 1 fully saturated rings. The predicted molar refractivity (Wildman–Crippen MR) is 46.3 cm³/mol. The number of H-pyrrole nitrogens is 1. The fourth-order valence-corrected chi connectivity index (χ4v) is 1.83. The van der Waals surface area contributed by atoms with Gasteiger partial charge in [0.2, 0.25) is 5.89 Å². The molecule has 0 aromatic carbocycles. The average Bonchev–Trinajstić information content (AvgIpc) is 2.58. The van der Waals surface area contributed by atoms with Crippen LogP contribution >= 0.6 is 12.2 Å². The fraction of sp³-hybridized carbons (Fsp3) is 0.714. The van der Waals surface area contributed by atoms with Crippen LogP contribution in [0.5, 0.6) is 0 Å². The number of nitrogens with zero attached hydrogens (tertiary/aromatic N) is 1. The van der Waals surface area contributed by atoms with E-state index in [0.29, 0.717) is 10.7 Å². The van der Waals surface area contributed by atoms with Crippen LogP contribution in [0.1, 0.15) is 31.1 Å². The van der Waals surface area contributed by atoms with Crippen molar-refractivity contribution in [3.8, 4) is 0 Å². The molecule has 2 atom stereocenters. The van der Waals surface area contributed by atoms with Gasteiger partial charge in [-0.2, -0.15) is 0 Å². The molecule has 0 aliphatic heterocycles. The van der Waals surface area contributed by atoms with E-state index in [4.69, 9.17) is 22.4 Å². The van der Waals surface area contributed by atoms with Gasteiger partial charge in [0.05, 0.1) is 5.92 Å². The average molecular weight is 185 g/mol. The van der Waals surface area contributed by atoms with E-state index in [9.17, 15) is 0 Å². The number of nitrogens with one attached hydrogen (secondary N) is 1. The highest BCUT2D eigenvalue weighted by Crippen LogP contribution is 2.31. The van der Waals surface area contributed by atoms with E-state index >= 15 is 0 Å². The van der Waals surface area contributed by atoms with E-state index in [-0.39, 0.29) is 12.0 Å². The van der Waals surface area contributed by atoms with Gasteiger partial charge in [0, 0.05) is 6.04 Å². The molecule has 1 heterocycles. The van der Waals surface area contributed by atoms with Gasteiger partial charge >= 0.3 is 0 Å². The van der Waals surface area contributed by atoms with Crippen LogP contribution < -0.4 is 5.73 Å². The third-order valence-corrected chi connectivity index (χ3v) is 2.52. The number of rotatable bonds is 1. The molecule has 3 N–H and O–H groups in total. The number of aromatic amines is 1. The molecular formula is C7H11N3OS. The minimum Gasteiger partial charge on any atom is -0.414 e. The monoisotopic (exact) mass is 185 g/mol. The Morgan fingerprint density at radius 1 is 1.58 bits per heavy atom. The maximum atomic E-state index is 5.87. The van der Waals surface area contributed by atoms with Crippen molar-refractivity contribution in [1.82, 2.24) is 10.2 Å². The number of nitrogens with two attached hydrogens (primary N) is 1. The van der Waals surface area contributed by atoms with Gasteiger partial charge in [0.15, 0.2) is 0 Å². The summed E-state index contributed by atoms with van der Waals surface area (Å²) >= 11 is 4.78. The third kappa shape index (κ3) is 1.30. The van der Waals surface area contributed by atoms with Crippen LogP contribution in [-0.2, 0) is 0 Å². The molecule has 4 nitrogen and oxygen atoms in total. The topological polar surface area (TPSA) is 67.8 Å². The molecule has 1 aromatic rings. The first-order valence-electron chi connectivity index (χ1n) is 4.08. The van der Waals surface area contributed by atoms with Crippen molar-refractivity contribution in [2.75, 3.05) is 0 Å². The first kappa shape index (κ1) is 7.94. The van der Waals surface area contributed by atoms with Gasteiger partial charge in [0.25, 0.3) is 4.84 Å². The summed E-state index contributed by atoms with van der Waals surface area (Å²) in [6, 6.07) is 0.187. The normalized spacial score (nSPS) is 29.4. The molecule has 1 aromatic heterocycles. The van der Waals surface area contributed by atoms with Crippen molar-refractivity contribution >= 4 is 12.2 Å². The predicted octanol–water partition coefficient (Wildman–Crippen LogP) is 1.33. The lowest BCUT2D eigenvalue weighted by molar-refractivity contribution is 0.420. The quantitative estimate of drug-likeness (QED) is 0.648. The molecule has 2 rings (SSSR count). The van der Waals surface area contributed by atoms with Gasteiger partial charge in [-0.05, 0) is 25.1 Å². The largest absolute Gasteiger partial charge is 0.414 e. The van der Waals surface area contributed by atoms with Gasteiger partial charge in [-0.25, -0.2) is 5.10 Å². The first-order valence-corrected chi connectivity index (χ1v) is 4.49. The Hall–Kier alpha value is -0.680. The molecule has 0 spiro atoms. The molecule has 1 aliphatic carbocycles. The summed E-state index contributed by atoms with van der Waals surface area (Å²) in [6.45, 7) is 0. The van der Waals surface area contributed by atoms with E-state index in [1.807, 2.05) is 0 Å². The summed E-state index contributed by atoms with van der Waals surface area (Å²) in [6.07, 6.45) is 3.27. The van der Waals surface area contributed by atoms with Crippen molar-refractivity contribution in [3.63, 3.8) is 0 Å². The fourth-order valence-electron chi connectivity index (χ4n) is 1.70. The van der Waals surface area contributed by atoms with Crippen molar-refractivity contribution in [1.29, 1.82) is 0 Å². The van der Waals surface area contributed by atoms with Crippen molar-refractivity contribution in [2.45, 2.75) is 31.2 Å². The van der Waals surface area contributed by atoms with E-state index in [2.05, 4.69) is 10.2 Å². The molecule has 5 heteroatoms. The highest BCUT2D eigenvalue weighted by molar-refractivity contribution is 7.71. The number of aromatic nitrogens is 2. The second kappa shape index (κ2) is 2.99. The van der Waals surface area contributed by atoms with Crippen LogP contribution in [0, 0.1) is 4.84 Å². The van der Waals surface area contributed by atoms with Gasteiger partial charge in [-0.15, -0.1) is 5.10 Å². The Labute approximate surface area is 75.2 Å². The molecule has 0 amide bonds. The molecule has 1 aliphatic rings. The summed E-state index contributed by atoms with van der Waals surface area (Å²) < 4.78 is 5.21. The van der Waals surface area contributed by atoms with E-state index in [1.165, 1.54) is 0 Å². The lowest BCUT2D eigenvalue weighted by Gasteiger charge is -2.08. The van der Waals surface area contributed by atoms with Crippen LogP contribution in [0.3, 0.4) is 0 Å². The standard InChI is InChI=1S/C7H11N3OS/c8-5-3-1-2-4(5)6-9-10-7(12)11-6/h4-5H,1-3,8H2,(H,10,12)/t4-,5+/m1/s1. The Morgan fingerprint density at radius 3 is 2.92 bits per heavy atom. The minimum absolute atomic E-state index is 0.187. The van der Waals surface area contributed by atoms with Crippen molar-refractivity contribution in [2.24, 2.45) is 5.73 Å². The van der Waals surface area contributed by atoms with Crippen molar-refractivity contribution in [3.05, 3.63) is 10.7 Å². The maximum Gasteiger partial charge on any atom is 0.284 e. The zero-order chi connectivity index (χ0) is 8.55. The molecule has 12 heavy (non-hydrogen) atoms. The third-order valence-electron chi connectivity index (χ3n) is 2.34. The Kier molecular flexibility index (Phi) is 1.98. The second-order valence-electron chi connectivity index (χ2n) is 3.15. The van der Waals surface area contributed by atoms with Gasteiger partial charge in [-0.3, -0.25) is 0 Å². The van der Waals surface area contributed by atoms with Gasteiger partial charge in [0.1, 0.15) is 0 Å². The van der Waals surface area contributed by atoms with Crippen molar-refractivity contribution < 1.29 is 4.42 Å². The highest BCUT2D eigenvalue weighted by atomic mass is 32.1. The molecule has 0 radical (unpaired) electrons. The van der Waals surface area contributed by atoms with Crippen LogP contribution in [0.15, 0.2) is 4.42 Å². The van der Waals surface area contributed by atoms with Crippen LogP contribution in [0.25, 0.3) is 0 Å². The molecular weight excluding hydrogens is 174 g/mol. The summed E-state index contributed by atoms with van der Waals surface area (Å²) in [4.78, 5) is 0.337. The number of hydrogen-bond acceptors (Lipinski definition) is 4. The van der Waals surface area contributed by atoms with Gasteiger partial charge in [-0.1, -0.05) is 6.42 Å². The molecule has 0 saturated heterocycles. The van der Waals surface area contributed by atoms with E-state index in [1.54, 1.807) is 0 Å². The summed E-state index contributed by atoms with van der Waals surface area (Å²) in [5.74, 6) is 0.933. The lowest BCUT2D eigenvalue weighted by Crippen LogP contribution is -2.22. The summed E-state index contributed by atoms with van der Waals surface area (Å²) in [5, 5.41) is 6.58. The molecule has 0 bridgehead atoms. The Morgan fingerprint density at radius 2 is 2.42 bits per heavy atom. The SMILES string of the molecule is N[C@H]1CCC[C@H]1c1n[nH]c(=S)o1. The maximum absolute atomic E-state index is 5.87. The summed E-state index contributed by atoms with van der Waals surface area (Å²) in [5.41, 5.74) is 5.87. The zero-order valence-corrected chi connectivity index (χ0v) is 7.43. The van der Waals surface area contributed by atoms with Crippen LogP contribution in [-0.4, -0.2) is 16.2 Å². The molecule has 66 valence electrons. The van der Waals surface area contributed by atoms with Gasteiger partial charge < -0.3 is 10.2 Å². The highest BCUT2D eigenvalue weighted by Gasteiger charge is 2.29. The molecule has 1 saturated carbocycles. The van der Waals surface area contributed by atoms with E-state index < -0.39 is 0 Å². The zero-order valence-electron chi connectivity index (χ0n) is 6.62. The van der Waals surface area contributed by atoms with Crippen LogP contribution in [0.4, 0.5) is 0 Å².